The Hall–Kier alpha value is -7.10. The smallest absolute Gasteiger partial charge is 0.0629 e. The Morgan fingerprint density at radius 3 is 1.67 bits per heavy atom. The number of hydrogen-bond donors (Lipinski definition) is 0. The summed E-state index contributed by atoms with van der Waals surface area (Å²) in [4.78, 5) is 2.54. The lowest BCUT2D eigenvalue weighted by molar-refractivity contribution is 0.745. The van der Waals surface area contributed by atoms with Gasteiger partial charge in [0.1, 0.15) is 0 Å². The lowest BCUT2D eigenvalue weighted by Gasteiger charge is -2.28. The van der Waals surface area contributed by atoms with Crippen LogP contribution in [0.5, 0.6) is 0 Å². The fourth-order valence-electron chi connectivity index (χ4n) is 9.68. The fourth-order valence-corrected chi connectivity index (χ4v) is 9.68. The van der Waals surface area contributed by atoms with Crippen molar-refractivity contribution in [1.29, 1.82) is 0 Å². The van der Waals surface area contributed by atoms with E-state index in [4.69, 9.17) is 0 Å². The molecule has 1 aliphatic carbocycles. The highest BCUT2D eigenvalue weighted by molar-refractivity contribution is 6.21. The van der Waals surface area contributed by atoms with Gasteiger partial charge in [-0.3, -0.25) is 0 Å². The molecule has 0 bridgehead atoms. The van der Waals surface area contributed by atoms with Crippen LogP contribution in [0, 0.1) is 0 Å². The third-order valence-corrected chi connectivity index (χ3v) is 12.0. The first-order valence-electron chi connectivity index (χ1n) is 19.2. The molecule has 1 aliphatic heterocycles. The zero-order valence-electron chi connectivity index (χ0n) is 30.0. The van der Waals surface area contributed by atoms with Gasteiger partial charge in [0.25, 0.3) is 0 Å². The van der Waals surface area contributed by atoms with E-state index in [0.717, 1.165) is 11.4 Å². The molecular weight excluding hydrogens is 667 g/mol. The third-order valence-electron chi connectivity index (χ3n) is 12.0. The van der Waals surface area contributed by atoms with Crippen LogP contribution < -0.4 is 4.90 Å². The molecule has 0 fully saturated rings. The van der Waals surface area contributed by atoms with Crippen LogP contribution in [0.4, 0.5) is 11.4 Å². The summed E-state index contributed by atoms with van der Waals surface area (Å²) < 4.78 is 4.89. The first-order valence-corrected chi connectivity index (χ1v) is 19.2. The zero-order valence-corrected chi connectivity index (χ0v) is 30.0. The molecule has 0 amide bonds. The summed E-state index contributed by atoms with van der Waals surface area (Å²) in [7, 11) is 0. The maximum Gasteiger partial charge on any atom is 0.0629 e. The molecule has 0 saturated heterocycles. The second-order valence-electron chi connectivity index (χ2n) is 14.9. The molecule has 258 valence electrons. The standard InChI is InChI=1S/C52H35N3/c1-2-15-36(16-3-1)54-48-24-12-8-20-42(48)44-31-26-35(33-50(44)54)51-39-17-5-4-14-34(39)32-45-43-21-9-13-25-49(43)55(52(45)51)38-29-27-37(28-30-38)53-46-22-10-6-18-40(46)41-19-7-11-23-47(41)53/h1-33,42,48H. The second-order valence-corrected chi connectivity index (χ2v) is 14.9. The Bertz CT molecular complexity index is 3160. The SMILES string of the molecule is C1=CC2c3ccc(-c4c5ccccc5cc5c6ccccc6n(-c6ccc(-n7c8ccccc8c8ccccc87)cc6)c45)cc3N(c3ccccc3)C2C=C1. The highest BCUT2D eigenvalue weighted by atomic mass is 15.2. The van der Waals surface area contributed by atoms with E-state index in [0.29, 0.717) is 5.92 Å². The second kappa shape index (κ2) is 11.7. The molecule has 2 aliphatic rings. The van der Waals surface area contributed by atoms with E-state index in [1.54, 1.807) is 0 Å². The summed E-state index contributed by atoms with van der Waals surface area (Å²) in [5.74, 6) is 0.307. The molecule has 2 aromatic heterocycles. The van der Waals surface area contributed by atoms with E-state index >= 15 is 0 Å². The lowest BCUT2D eigenvalue weighted by Crippen LogP contribution is -2.28. The highest BCUT2D eigenvalue weighted by Crippen LogP contribution is 2.50. The van der Waals surface area contributed by atoms with Crippen molar-refractivity contribution >= 4 is 65.8 Å². The van der Waals surface area contributed by atoms with Crippen molar-refractivity contribution < 1.29 is 0 Å². The quantitative estimate of drug-likeness (QED) is 0.178. The summed E-state index contributed by atoms with van der Waals surface area (Å²) in [6.45, 7) is 0. The van der Waals surface area contributed by atoms with Crippen LogP contribution in [0.1, 0.15) is 11.5 Å². The van der Waals surface area contributed by atoms with Gasteiger partial charge in [-0.25, -0.2) is 0 Å². The largest absolute Gasteiger partial charge is 0.333 e. The van der Waals surface area contributed by atoms with Crippen molar-refractivity contribution in [3.8, 4) is 22.5 Å². The molecule has 3 heterocycles. The molecule has 3 nitrogen and oxygen atoms in total. The Balaban J connectivity index is 1.11. The van der Waals surface area contributed by atoms with Gasteiger partial charge in [0.05, 0.1) is 28.1 Å². The van der Waals surface area contributed by atoms with E-state index in [1.807, 2.05) is 0 Å². The normalized spacial score (nSPS) is 16.2. The zero-order chi connectivity index (χ0) is 36.0. The van der Waals surface area contributed by atoms with Crippen LogP contribution in [0.3, 0.4) is 0 Å². The molecule has 2 unspecified atom stereocenters. The highest BCUT2D eigenvalue weighted by Gasteiger charge is 2.37. The van der Waals surface area contributed by atoms with Crippen LogP contribution >= 0.6 is 0 Å². The molecule has 0 saturated carbocycles. The predicted molar refractivity (Wildman–Crippen MR) is 231 cm³/mol. The fraction of sp³-hybridized carbons (Fsp3) is 0.0385. The van der Waals surface area contributed by atoms with E-state index < -0.39 is 0 Å². The van der Waals surface area contributed by atoms with Crippen LogP contribution in [-0.2, 0) is 0 Å². The number of allylic oxidation sites excluding steroid dienone is 2. The van der Waals surface area contributed by atoms with Crippen molar-refractivity contribution in [3.63, 3.8) is 0 Å². The maximum atomic E-state index is 2.54. The summed E-state index contributed by atoms with van der Waals surface area (Å²) in [5, 5.41) is 7.55. The Kier molecular flexibility index (Phi) is 6.46. The number of hydrogen-bond acceptors (Lipinski definition) is 1. The topological polar surface area (TPSA) is 13.1 Å². The summed E-state index contributed by atoms with van der Waals surface area (Å²) >= 11 is 0. The maximum absolute atomic E-state index is 2.54. The van der Waals surface area contributed by atoms with Crippen molar-refractivity contribution in [2.45, 2.75) is 12.0 Å². The van der Waals surface area contributed by atoms with Crippen molar-refractivity contribution in [2.75, 3.05) is 4.90 Å². The number of aromatic nitrogens is 2. The van der Waals surface area contributed by atoms with Gasteiger partial charge in [0, 0.05) is 55.8 Å². The molecule has 10 aromatic rings. The van der Waals surface area contributed by atoms with E-state index in [-0.39, 0.29) is 6.04 Å². The summed E-state index contributed by atoms with van der Waals surface area (Å²) in [6, 6.07) is 65.1. The number of nitrogens with zero attached hydrogens (tertiary/aromatic N) is 3. The van der Waals surface area contributed by atoms with Crippen LogP contribution in [0.25, 0.3) is 76.9 Å². The number of benzene rings is 8. The molecule has 0 spiro atoms. The summed E-state index contributed by atoms with van der Waals surface area (Å²) in [5.41, 5.74) is 13.5. The van der Waals surface area contributed by atoms with Gasteiger partial charge in [-0.15, -0.1) is 0 Å². The Morgan fingerprint density at radius 2 is 0.964 bits per heavy atom. The monoisotopic (exact) mass is 701 g/mol. The van der Waals surface area contributed by atoms with Crippen LogP contribution in [-0.4, -0.2) is 15.2 Å². The van der Waals surface area contributed by atoms with Gasteiger partial charge < -0.3 is 14.0 Å². The molecule has 12 rings (SSSR count). The van der Waals surface area contributed by atoms with Gasteiger partial charge in [-0.05, 0) is 88.6 Å². The van der Waals surface area contributed by atoms with Crippen molar-refractivity contribution in [2.24, 2.45) is 0 Å². The van der Waals surface area contributed by atoms with Gasteiger partial charge in [-0.1, -0.05) is 133 Å². The average molecular weight is 702 g/mol. The molecule has 2 atom stereocenters. The Labute approximate surface area is 318 Å². The predicted octanol–water partition coefficient (Wildman–Crippen LogP) is 13.4. The van der Waals surface area contributed by atoms with E-state index in [1.165, 1.54) is 82.4 Å². The molecular formula is C52H35N3. The minimum absolute atomic E-state index is 0.240. The van der Waals surface area contributed by atoms with E-state index in [9.17, 15) is 0 Å². The van der Waals surface area contributed by atoms with Gasteiger partial charge in [-0.2, -0.15) is 0 Å². The number of para-hydroxylation sites is 4. The van der Waals surface area contributed by atoms with Crippen LogP contribution in [0.2, 0.25) is 0 Å². The van der Waals surface area contributed by atoms with Crippen molar-refractivity contribution in [1.82, 2.24) is 9.13 Å². The first-order chi connectivity index (χ1) is 27.3. The first kappa shape index (κ1) is 30.4. The van der Waals surface area contributed by atoms with Gasteiger partial charge in [0.2, 0.25) is 0 Å². The number of rotatable bonds is 4. The molecule has 8 aromatic carbocycles. The molecule has 55 heavy (non-hydrogen) atoms. The summed E-state index contributed by atoms with van der Waals surface area (Å²) in [6.07, 6.45) is 9.12. The lowest BCUT2D eigenvalue weighted by atomic mass is 9.89. The van der Waals surface area contributed by atoms with Crippen molar-refractivity contribution in [3.05, 3.63) is 206 Å². The molecule has 3 heteroatoms. The minimum Gasteiger partial charge on any atom is -0.333 e. The average Bonchev–Trinajstić information content (AvgIpc) is 3.89. The number of anilines is 2. The van der Waals surface area contributed by atoms with Crippen LogP contribution in [0.15, 0.2) is 200 Å². The third kappa shape index (κ3) is 4.38. The van der Waals surface area contributed by atoms with Gasteiger partial charge >= 0.3 is 0 Å². The molecule has 0 N–H and O–H groups in total. The Morgan fingerprint density at radius 1 is 0.400 bits per heavy atom. The number of fused-ring (bicyclic) bond motifs is 10. The molecule has 0 radical (unpaired) electrons. The van der Waals surface area contributed by atoms with Gasteiger partial charge in [0.15, 0.2) is 0 Å². The minimum atomic E-state index is 0.240. The van der Waals surface area contributed by atoms with E-state index in [2.05, 4.69) is 214 Å².